The van der Waals surface area contributed by atoms with Gasteiger partial charge in [-0.25, -0.2) is 0 Å². The van der Waals surface area contributed by atoms with Gasteiger partial charge in [0, 0.05) is 12.3 Å². The lowest BCUT2D eigenvalue weighted by molar-refractivity contribution is -0.122. The molecule has 1 saturated carbocycles. The molecule has 2 fully saturated rings. The molecule has 1 aliphatic carbocycles. The molecule has 3 N–H and O–H groups in total. The highest BCUT2D eigenvalue weighted by atomic mass is 32.2. The highest BCUT2D eigenvalue weighted by Gasteiger charge is 2.28. The van der Waals surface area contributed by atoms with Crippen LogP contribution in [-0.4, -0.2) is 40.7 Å². The van der Waals surface area contributed by atoms with Crippen molar-refractivity contribution in [1.29, 1.82) is 0 Å². The molecule has 2 aliphatic rings. The average molecular weight is 258 g/mol. The van der Waals surface area contributed by atoms with Crippen LogP contribution in [0.25, 0.3) is 0 Å². The fourth-order valence-corrected chi connectivity index (χ4v) is 3.12. The number of hydrogen-bond acceptors (Lipinski definition) is 4. The number of carbonyl (C=O) groups excluding carboxylic acids is 2. The van der Waals surface area contributed by atoms with Crippen molar-refractivity contribution in [1.82, 2.24) is 10.6 Å². The van der Waals surface area contributed by atoms with Crippen molar-refractivity contribution in [3.63, 3.8) is 0 Å². The van der Waals surface area contributed by atoms with Gasteiger partial charge in [0.1, 0.15) is 6.04 Å². The summed E-state index contributed by atoms with van der Waals surface area (Å²) in [7, 11) is 0. The zero-order chi connectivity index (χ0) is 12.3. The summed E-state index contributed by atoms with van der Waals surface area (Å²) in [6.07, 6.45) is 3.51. The van der Waals surface area contributed by atoms with E-state index in [-0.39, 0.29) is 23.3 Å². The summed E-state index contributed by atoms with van der Waals surface area (Å²) in [6, 6.07) is -0.388. The van der Waals surface area contributed by atoms with Gasteiger partial charge < -0.3 is 15.7 Å². The van der Waals surface area contributed by atoms with Crippen LogP contribution in [0.2, 0.25) is 0 Å². The summed E-state index contributed by atoms with van der Waals surface area (Å²) in [5.41, 5.74) is 0. The van der Waals surface area contributed by atoms with Gasteiger partial charge in [-0.3, -0.25) is 9.59 Å². The van der Waals surface area contributed by atoms with E-state index in [1.165, 1.54) is 0 Å². The summed E-state index contributed by atoms with van der Waals surface area (Å²) in [4.78, 5) is 22.7. The zero-order valence-electron chi connectivity index (χ0n) is 9.65. The smallest absolute Gasteiger partial charge is 0.279 e. The van der Waals surface area contributed by atoms with Crippen LogP contribution >= 0.6 is 11.8 Å². The lowest BCUT2D eigenvalue weighted by Crippen LogP contribution is -2.44. The zero-order valence-corrected chi connectivity index (χ0v) is 10.5. The van der Waals surface area contributed by atoms with Gasteiger partial charge in [0.05, 0.1) is 6.10 Å². The Morgan fingerprint density at radius 1 is 1.53 bits per heavy atom. The normalized spacial score (nSPS) is 33.2. The topological polar surface area (TPSA) is 78.4 Å². The molecule has 1 aliphatic heterocycles. The Kier molecular flexibility index (Phi) is 4.28. The van der Waals surface area contributed by atoms with Crippen LogP contribution in [0.15, 0.2) is 0 Å². The summed E-state index contributed by atoms with van der Waals surface area (Å²) < 4.78 is 0. The second kappa shape index (κ2) is 5.73. The monoisotopic (exact) mass is 258 g/mol. The van der Waals surface area contributed by atoms with E-state index < -0.39 is 0 Å². The van der Waals surface area contributed by atoms with E-state index in [2.05, 4.69) is 10.6 Å². The van der Waals surface area contributed by atoms with E-state index in [1.807, 2.05) is 0 Å². The molecule has 2 amide bonds. The Hall–Kier alpha value is -0.750. The lowest BCUT2D eigenvalue weighted by Gasteiger charge is -2.26. The standard InChI is InChI=1S/C11H18N2O3S/c14-8-3-1-2-7(4-8)5-12-10(15)9-6-17-11(16)13-9/h7-9,14H,1-6H2,(H,12,15)(H,13,16). The number of aliphatic hydroxyl groups is 1. The van der Waals surface area contributed by atoms with Crippen molar-refractivity contribution in [3.05, 3.63) is 0 Å². The number of aliphatic hydroxyl groups excluding tert-OH is 1. The summed E-state index contributed by atoms with van der Waals surface area (Å²) in [5.74, 6) is 0.772. The molecule has 17 heavy (non-hydrogen) atoms. The third-order valence-corrected chi connectivity index (χ3v) is 4.19. The molecule has 5 nitrogen and oxygen atoms in total. The summed E-state index contributed by atoms with van der Waals surface area (Å²) in [6.45, 7) is 0.604. The van der Waals surface area contributed by atoms with Crippen molar-refractivity contribution in [2.45, 2.75) is 37.8 Å². The van der Waals surface area contributed by atoms with E-state index in [0.717, 1.165) is 37.4 Å². The van der Waals surface area contributed by atoms with Crippen molar-refractivity contribution in [2.75, 3.05) is 12.3 Å². The first kappa shape index (κ1) is 12.7. The molecule has 96 valence electrons. The SMILES string of the molecule is O=C1NC(C(=O)NCC2CCCC(O)C2)CS1. The Morgan fingerprint density at radius 2 is 2.35 bits per heavy atom. The molecule has 2 rings (SSSR count). The highest BCUT2D eigenvalue weighted by molar-refractivity contribution is 8.14. The van der Waals surface area contributed by atoms with Crippen molar-refractivity contribution in [2.24, 2.45) is 5.92 Å². The quantitative estimate of drug-likeness (QED) is 0.688. The van der Waals surface area contributed by atoms with Crippen LogP contribution in [0.1, 0.15) is 25.7 Å². The van der Waals surface area contributed by atoms with Crippen LogP contribution in [0.4, 0.5) is 4.79 Å². The minimum absolute atomic E-state index is 0.108. The van der Waals surface area contributed by atoms with Gasteiger partial charge in [-0.2, -0.15) is 0 Å². The third kappa shape index (κ3) is 3.61. The van der Waals surface area contributed by atoms with Gasteiger partial charge in [-0.05, 0) is 25.2 Å². The minimum Gasteiger partial charge on any atom is -0.393 e. The van der Waals surface area contributed by atoms with Gasteiger partial charge >= 0.3 is 0 Å². The number of thioether (sulfide) groups is 1. The molecule has 0 spiro atoms. The predicted molar refractivity (Wildman–Crippen MR) is 65.8 cm³/mol. The molecule has 0 bridgehead atoms. The summed E-state index contributed by atoms with van der Waals surface area (Å²) >= 11 is 1.14. The number of rotatable bonds is 3. The molecule has 0 aromatic rings. The minimum atomic E-state index is -0.388. The third-order valence-electron chi connectivity index (χ3n) is 3.31. The van der Waals surface area contributed by atoms with Crippen molar-refractivity contribution >= 4 is 22.9 Å². The molecule has 1 heterocycles. The number of hydrogen-bond donors (Lipinski definition) is 3. The van der Waals surface area contributed by atoms with E-state index >= 15 is 0 Å². The van der Waals surface area contributed by atoms with Gasteiger partial charge in [0.2, 0.25) is 5.91 Å². The molecule has 0 radical (unpaired) electrons. The van der Waals surface area contributed by atoms with Gasteiger partial charge in [-0.15, -0.1) is 0 Å². The predicted octanol–water partition coefficient (Wildman–Crippen LogP) is 0.479. The maximum atomic E-state index is 11.7. The largest absolute Gasteiger partial charge is 0.393 e. The van der Waals surface area contributed by atoms with Gasteiger partial charge in [-0.1, -0.05) is 18.2 Å². The van der Waals surface area contributed by atoms with E-state index in [4.69, 9.17) is 0 Å². The second-order valence-electron chi connectivity index (χ2n) is 4.73. The van der Waals surface area contributed by atoms with Crippen LogP contribution < -0.4 is 10.6 Å². The maximum absolute atomic E-state index is 11.7. The Bertz CT molecular complexity index is 311. The van der Waals surface area contributed by atoms with Gasteiger partial charge in [0.15, 0.2) is 0 Å². The first-order valence-corrected chi connectivity index (χ1v) is 7.03. The molecular weight excluding hydrogens is 240 g/mol. The molecule has 3 atom stereocenters. The van der Waals surface area contributed by atoms with Crippen LogP contribution in [0, 0.1) is 5.92 Å². The molecule has 3 unspecified atom stereocenters. The van der Waals surface area contributed by atoms with Crippen molar-refractivity contribution in [3.8, 4) is 0 Å². The maximum Gasteiger partial charge on any atom is 0.279 e. The first-order chi connectivity index (χ1) is 8.15. The first-order valence-electron chi connectivity index (χ1n) is 6.04. The molecule has 0 aromatic carbocycles. The lowest BCUT2D eigenvalue weighted by atomic mass is 9.87. The molecule has 6 heteroatoms. The number of nitrogens with one attached hydrogen (secondary N) is 2. The van der Waals surface area contributed by atoms with Gasteiger partial charge in [0.25, 0.3) is 5.24 Å². The van der Waals surface area contributed by atoms with Crippen LogP contribution in [0.3, 0.4) is 0 Å². The second-order valence-corrected chi connectivity index (χ2v) is 5.72. The van der Waals surface area contributed by atoms with Crippen LogP contribution in [-0.2, 0) is 4.79 Å². The summed E-state index contributed by atoms with van der Waals surface area (Å²) in [5, 5.41) is 14.9. The fourth-order valence-electron chi connectivity index (χ4n) is 2.34. The Labute approximate surface area is 105 Å². The Morgan fingerprint density at radius 3 is 3.00 bits per heavy atom. The van der Waals surface area contributed by atoms with Crippen molar-refractivity contribution < 1.29 is 14.7 Å². The number of carbonyl (C=O) groups is 2. The average Bonchev–Trinajstić information content (AvgIpc) is 2.73. The highest BCUT2D eigenvalue weighted by Crippen LogP contribution is 2.23. The molecule has 0 aromatic heterocycles. The molecular formula is C11H18N2O3S. The fraction of sp³-hybridized carbons (Fsp3) is 0.818. The van der Waals surface area contributed by atoms with E-state index in [1.54, 1.807) is 0 Å². The van der Waals surface area contributed by atoms with E-state index in [9.17, 15) is 14.7 Å². The Balaban J connectivity index is 1.70. The molecule has 1 saturated heterocycles. The van der Waals surface area contributed by atoms with E-state index in [0.29, 0.717) is 18.2 Å². The van der Waals surface area contributed by atoms with Crippen LogP contribution in [0.5, 0.6) is 0 Å². The number of amides is 2.